The highest BCUT2D eigenvalue weighted by atomic mass is 32.2. The SMILES string of the molecule is CCSCCCN1CC(C)(C)NCC12CCCC2. The van der Waals surface area contributed by atoms with Crippen LogP contribution in [0.2, 0.25) is 0 Å². The molecule has 0 unspecified atom stereocenters. The lowest BCUT2D eigenvalue weighted by atomic mass is 9.87. The molecule has 0 radical (unpaired) electrons. The van der Waals surface area contributed by atoms with Gasteiger partial charge in [0.25, 0.3) is 0 Å². The van der Waals surface area contributed by atoms with E-state index in [2.05, 4.69) is 42.7 Å². The van der Waals surface area contributed by atoms with Gasteiger partial charge in [0.05, 0.1) is 0 Å². The first-order valence-corrected chi connectivity index (χ1v) is 8.81. The maximum absolute atomic E-state index is 3.78. The van der Waals surface area contributed by atoms with Gasteiger partial charge in [0.2, 0.25) is 0 Å². The number of hydrogen-bond donors (Lipinski definition) is 1. The van der Waals surface area contributed by atoms with Crippen LogP contribution in [0.5, 0.6) is 0 Å². The van der Waals surface area contributed by atoms with Crippen molar-refractivity contribution < 1.29 is 0 Å². The summed E-state index contributed by atoms with van der Waals surface area (Å²) in [4.78, 5) is 2.83. The van der Waals surface area contributed by atoms with Crippen LogP contribution in [0.1, 0.15) is 52.9 Å². The molecule has 1 N–H and O–H groups in total. The monoisotopic (exact) mass is 270 g/mol. The van der Waals surface area contributed by atoms with Crippen LogP contribution >= 0.6 is 11.8 Å². The lowest BCUT2D eigenvalue weighted by Gasteiger charge is -2.51. The van der Waals surface area contributed by atoms with Crippen LogP contribution in [0.15, 0.2) is 0 Å². The Morgan fingerprint density at radius 3 is 2.61 bits per heavy atom. The fourth-order valence-electron chi connectivity index (χ4n) is 3.56. The number of piperazine rings is 1. The van der Waals surface area contributed by atoms with Crippen LogP contribution in [0.25, 0.3) is 0 Å². The second-order valence-electron chi connectivity index (χ2n) is 6.64. The molecule has 1 heterocycles. The number of hydrogen-bond acceptors (Lipinski definition) is 3. The van der Waals surface area contributed by atoms with Gasteiger partial charge in [-0.2, -0.15) is 11.8 Å². The first kappa shape index (κ1) is 14.7. The Kier molecular flexibility index (Phi) is 5.01. The Hall–Kier alpha value is 0.270. The smallest absolute Gasteiger partial charge is 0.0334 e. The third-order valence-corrected chi connectivity index (χ3v) is 5.59. The van der Waals surface area contributed by atoms with E-state index in [0.717, 1.165) is 0 Å². The lowest BCUT2D eigenvalue weighted by molar-refractivity contribution is 0.0194. The van der Waals surface area contributed by atoms with E-state index in [-0.39, 0.29) is 0 Å². The van der Waals surface area contributed by atoms with Gasteiger partial charge in [-0.05, 0) is 51.2 Å². The molecule has 1 spiro atoms. The Balaban J connectivity index is 1.92. The molecule has 1 aliphatic carbocycles. The lowest BCUT2D eigenvalue weighted by Crippen LogP contribution is -2.67. The summed E-state index contributed by atoms with van der Waals surface area (Å²) in [7, 11) is 0. The molecular weight excluding hydrogens is 240 g/mol. The van der Waals surface area contributed by atoms with Crippen molar-refractivity contribution in [2.24, 2.45) is 0 Å². The summed E-state index contributed by atoms with van der Waals surface area (Å²) in [6.45, 7) is 10.7. The van der Waals surface area contributed by atoms with Gasteiger partial charge in [-0.3, -0.25) is 4.90 Å². The minimum atomic E-state index is 0.297. The second-order valence-corrected chi connectivity index (χ2v) is 8.03. The van der Waals surface area contributed by atoms with Crippen molar-refractivity contribution >= 4 is 11.8 Å². The molecule has 3 heteroatoms. The first-order chi connectivity index (χ1) is 8.58. The van der Waals surface area contributed by atoms with Crippen molar-refractivity contribution in [3.63, 3.8) is 0 Å². The van der Waals surface area contributed by atoms with Gasteiger partial charge in [0.15, 0.2) is 0 Å². The minimum absolute atomic E-state index is 0.297. The molecule has 0 bridgehead atoms. The van der Waals surface area contributed by atoms with Crippen LogP contribution in [-0.2, 0) is 0 Å². The van der Waals surface area contributed by atoms with Crippen LogP contribution < -0.4 is 5.32 Å². The third kappa shape index (κ3) is 3.43. The molecule has 0 aromatic heterocycles. The van der Waals surface area contributed by atoms with Gasteiger partial charge in [-0.15, -0.1) is 0 Å². The maximum atomic E-state index is 3.78. The molecule has 18 heavy (non-hydrogen) atoms. The summed E-state index contributed by atoms with van der Waals surface area (Å²) in [5.41, 5.74) is 0.804. The zero-order chi connectivity index (χ0) is 13.1. The molecule has 2 aliphatic rings. The van der Waals surface area contributed by atoms with Gasteiger partial charge in [-0.25, -0.2) is 0 Å². The van der Waals surface area contributed by atoms with E-state index in [4.69, 9.17) is 0 Å². The number of nitrogens with zero attached hydrogens (tertiary/aromatic N) is 1. The number of nitrogens with one attached hydrogen (secondary N) is 1. The van der Waals surface area contributed by atoms with E-state index in [0.29, 0.717) is 11.1 Å². The largest absolute Gasteiger partial charge is 0.309 e. The highest BCUT2D eigenvalue weighted by molar-refractivity contribution is 7.99. The van der Waals surface area contributed by atoms with Crippen molar-refractivity contribution in [3.05, 3.63) is 0 Å². The van der Waals surface area contributed by atoms with Crippen molar-refractivity contribution in [2.45, 2.75) is 64.0 Å². The van der Waals surface area contributed by atoms with Gasteiger partial charge in [0, 0.05) is 24.2 Å². The molecule has 0 aromatic rings. The average molecular weight is 270 g/mol. The van der Waals surface area contributed by atoms with Crippen LogP contribution in [0.3, 0.4) is 0 Å². The van der Waals surface area contributed by atoms with Gasteiger partial charge >= 0.3 is 0 Å². The van der Waals surface area contributed by atoms with Crippen LogP contribution in [0, 0.1) is 0 Å². The molecule has 0 amide bonds. The molecular formula is C15H30N2S. The maximum Gasteiger partial charge on any atom is 0.0334 e. The van der Waals surface area contributed by atoms with E-state index in [1.54, 1.807) is 0 Å². The molecule has 2 fully saturated rings. The van der Waals surface area contributed by atoms with Crippen LogP contribution in [0.4, 0.5) is 0 Å². The van der Waals surface area contributed by atoms with E-state index >= 15 is 0 Å². The summed E-state index contributed by atoms with van der Waals surface area (Å²) < 4.78 is 0. The van der Waals surface area contributed by atoms with E-state index in [9.17, 15) is 0 Å². The zero-order valence-corrected chi connectivity index (χ0v) is 13.2. The Bertz CT molecular complexity index is 259. The number of thioether (sulfide) groups is 1. The summed E-state index contributed by atoms with van der Waals surface area (Å²) in [6.07, 6.45) is 7.05. The van der Waals surface area contributed by atoms with Crippen molar-refractivity contribution in [1.29, 1.82) is 0 Å². The van der Waals surface area contributed by atoms with Crippen molar-refractivity contribution in [1.82, 2.24) is 10.2 Å². The molecule has 2 nitrogen and oxygen atoms in total. The fourth-order valence-corrected chi connectivity index (χ4v) is 4.18. The van der Waals surface area contributed by atoms with Gasteiger partial charge in [0.1, 0.15) is 0 Å². The topological polar surface area (TPSA) is 15.3 Å². The Labute approximate surface area is 117 Å². The van der Waals surface area contributed by atoms with Crippen molar-refractivity contribution in [2.75, 3.05) is 31.1 Å². The summed E-state index contributed by atoms with van der Waals surface area (Å²) in [5.74, 6) is 2.59. The molecule has 0 atom stereocenters. The van der Waals surface area contributed by atoms with Crippen molar-refractivity contribution in [3.8, 4) is 0 Å². The third-order valence-electron chi connectivity index (χ3n) is 4.61. The van der Waals surface area contributed by atoms with Gasteiger partial charge in [-0.1, -0.05) is 19.8 Å². The minimum Gasteiger partial charge on any atom is -0.309 e. The van der Waals surface area contributed by atoms with Crippen LogP contribution in [-0.4, -0.2) is 47.1 Å². The normalized spacial score (nSPS) is 26.8. The Morgan fingerprint density at radius 2 is 1.94 bits per heavy atom. The predicted octanol–water partition coefficient (Wildman–Crippen LogP) is 3.13. The van der Waals surface area contributed by atoms with E-state index < -0.39 is 0 Å². The second kappa shape index (κ2) is 6.15. The molecule has 1 aliphatic heterocycles. The van der Waals surface area contributed by atoms with E-state index in [1.807, 2.05) is 0 Å². The standard InChI is InChI=1S/C15H30N2S/c1-4-18-11-7-10-17-13-14(2,3)16-12-15(17)8-5-6-9-15/h16H,4-13H2,1-3H3. The summed E-state index contributed by atoms with van der Waals surface area (Å²) >= 11 is 2.09. The molecule has 106 valence electrons. The van der Waals surface area contributed by atoms with E-state index in [1.165, 1.54) is 63.2 Å². The molecule has 0 aromatic carbocycles. The zero-order valence-electron chi connectivity index (χ0n) is 12.4. The first-order valence-electron chi connectivity index (χ1n) is 7.66. The summed E-state index contributed by atoms with van der Waals surface area (Å²) in [6, 6.07) is 0. The van der Waals surface area contributed by atoms with Gasteiger partial charge < -0.3 is 5.32 Å². The molecule has 1 saturated carbocycles. The molecule has 2 rings (SSSR count). The molecule has 1 saturated heterocycles. The number of rotatable bonds is 5. The Morgan fingerprint density at radius 1 is 1.22 bits per heavy atom. The average Bonchev–Trinajstić information content (AvgIpc) is 2.79. The highest BCUT2D eigenvalue weighted by Gasteiger charge is 2.45. The highest BCUT2D eigenvalue weighted by Crippen LogP contribution is 2.38. The predicted molar refractivity (Wildman–Crippen MR) is 82.5 cm³/mol. The quantitative estimate of drug-likeness (QED) is 0.773. The fraction of sp³-hybridized carbons (Fsp3) is 1.00. The summed E-state index contributed by atoms with van der Waals surface area (Å²) in [5, 5.41) is 3.78.